The van der Waals surface area contributed by atoms with Gasteiger partial charge in [-0.25, -0.2) is 9.97 Å². The van der Waals surface area contributed by atoms with Crippen LogP contribution in [-0.4, -0.2) is 27.6 Å². The second kappa shape index (κ2) is 8.89. The third kappa shape index (κ3) is 4.15. The van der Waals surface area contributed by atoms with Gasteiger partial charge in [0, 0.05) is 66.3 Å². The average Bonchev–Trinajstić information content (AvgIpc) is 3.14. The fourth-order valence-corrected chi connectivity index (χ4v) is 5.15. The molecule has 1 saturated heterocycles. The minimum atomic E-state index is 0.510. The third-order valence-corrected chi connectivity index (χ3v) is 6.79. The molecule has 2 aromatic heterocycles. The molecular formula is C26H28ClN4+. The Bertz CT molecular complexity index is 1230. The molecule has 4 nitrogen and oxygen atoms in total. The van der Waals surface area contributed by atoms with Crippen molar-refractivity contribution in [3.05, 3.63) is 77.0 Å². The van der Waals surface area contributed by atoms with Crippen LogP contribution in [0.1, 0.15) is 42.1 Å². The fraction of sp³-hybridized carbons (Fsp3) is 0.346. The van der Waals surface area contributed by atoms with E-state index in [-0.39, 0.29) is 0 Å². The molecule has 2 aromatic carbocycles. The number of nitrogens with one attached hydrogen (secondary N) is 1. The molecule has 0 spiro atoms. The first kappa shape index (κ1) is 20.3. The van der Waals surface area contributed by atoms with Gasteiger partial charge in [-0.2, -0.15) is 0 Å². The van der Waals surface area contributed by atoms with Gasteiger partial charge in [0.15, 0.2) is 0 Å². The first-order chi connectivity index (χ1) is 15.2. The quantitative estimate of drug-likeness (QED) is 0.398. The van der Waals surface area contributed by atoms with Crippen molar-refractivity contribution in [3.8, 4) is 0 Å². The number of halogens is 1. The smallest absolute Gasteiger partial charge is 0.115 e. The van der Waals surface area contributed by atoms with Gasteiger partial charge in [0.1, 0.15) is 16.4 Å². The number of benzene rings is 1. The van der Waals surface area contributed by atoms with Gasteiger partial charge >= 0.3 is 0 Å². The summed E-state index contributed by atoms with van der Waals surface area (Å²) in [5.41, 5.74) is 3.87. The van der Waals surface area contributed by atoms with E-state index in [1.807, 2.05) is 24.5 Å². The molecule has 4 aromatic rings. The first-order valence-electron chi connectivity index (χ1n) is 11.2. The van der Waals surface area contributed by atoms with Gasteiger partial charge in [-0.05, 0) is 69.4 Å². The lowest BCUT2D eigenvalue weighted by molar-refractivity contribution is 0.464. The maximum absolute atomic E-state index is 6.50. The van der Waals surface area contributed by atoms with Crippen LogP contribution in [0.2, 0.25) is 5.02 Å². The highest BCUT2D eigenvalue weighted by atomic mass is 35.5. The summed E-state index contributed by atoms with van der Waals surface area (Å²) in [7, 11) is 0. The van der Waals surface area contributed by atoms with Crippen LogP contribution in [0.25, 0.3) is 21.7 Å². The van der Waals surface area contributed by atoms with Crippen molar-refractivity contribution in [2.45, 2.75) is 45.1 Å². The largest absolute Gasteiger partial charge is 0.335 e. The molecule has 5 heteroatoms. The van der Waals surface area contributed by atoms with Gasteiger partial charge in [0.2, 0.25) is 0 Å². The molecule has 3 heterocycles. The lowest BCUT2D eigenvalue weighted by Gasteiger charge is -2.22. The summed E-state index contributed by atoms with van der Waals surface area (Å²) < 4.78 is 2.22. The second-order valence-corrected chi connectivity index (χ2v) is 8.95. The maximum Gasteiger partial charge on any atom is 0.115 e. The third-order valence-electron chi connectivity index (χ3n) is 6.56. The number of fused-ring (bicyclic) bond motifs is 2. The van der Waals surface area contributed by atoms with Crippen molar-refractivity contribution in [1.29, 1.82) is 0 Å². The molecule has 0 amide bonds. The molecule has 0 saturated carbocycles. The number of rotatable bonds is 5. The number of piperidine rings is 1. The minimum Gasteiger partial charge on any atom is -0.335 e. The Morgan fingerprint density at radius 1 is 1.16 bits per heavy atom. The highest BCUT2D eigenvalue weighted by molar-refractivity contribution is 6.31. The molecule has 5 rings (SSSR count). The van der Waals surface area contributed by atoms with E-state index in [0.717, 1.165) is 61.7 Å². The van der Waals surface area contributed by atoms with Crippen LogP contribution in [0.4, 0.5) is 0 Å². The van der Waals surface area contributed by atoms with Crippen LogP contribution >= 0.6 is 11.6 Å². The van der Waals surface area contributed by atoms with E-state index < -0.39 is 0 Å². The van der Waals surface area contributed by atoms with Crippen molar-refractivity contribution in [1.82, 2.24) is 19.9 Å². The highest BCUT2D eigenvalue weighted by Crippen LogP contribution is 2.37. The Kier molecular flexibility index (Phi) is 5.84. The van der Waals surface area contributed by atoms with E-state index in [0.29, 0.717) is 5.92 Å². The van der Waals surface area contributed by atoms with E-state index in [1.54, 1.807) is 0 Å². The molecule has 158 valence electrons. The van der Waals surface area contributed by atoms with Crippen LogP contribution in [0.15, 0.2) is 55.0 Å². The fourth-order valence-electron chi connectivity index (χ4n) is 4.98. The SMILES string of the molecule is Cc1nccn1CCCc1cc2cccnc2c(C2CCNCC2)c2ccc(Cl)c[c+]12. The summed E-state index contributed by atoms with van der Waals surface area (Å²) in [5.74, 6) is 1.57. The van der Waals surface area contributed by atoms with Crippen molar-refractivity contribution < 1.29 is 0 Å². The number of nitrogens with zero attached hydrogens (tertiary/aromatic N) is 3. The highest BCUT2D eigenvalue weighted by Gasteiger charge is 2.25. The van der Waals surface area contributed by atoms with Crippen LogP contribution in [0, 0.1) is 6.92 Å². The van der Waals surface area contributed by atoms with Gasteiger partial charge in [-0.1, -0.05) is 0 Å². The Hall–Kier alpha value is -2.56. The summed E-state index contributed by atoms with van der Waals surface area (Å²) in [6.45, 7) is 5.14. The molecule has 31 heavy (non-hydrogen) atoms. The summed E-state index contributed by atoms with van der Waals surface area (Å²) in [4.78, 5) is 9.23. The summed E-state index contributed by atoms with van der Waals surface area (Å²) >= 11 is 6.50. The Morgan fingerprint density at radius 3 is 2.84 bits per heavy atom. The molecule has 0 atom stereocenters. The predicted octanol–water partition coefficient (Wildman–Crippen LogP) is 5.93. The summed E-state index contributed by atoms with van der Waals surface area (Å²) in [5, 5.41) is 8.09. The zero-order valence-electron chi connectivity index (χ0n) is 17.9. The summed E-state index contributed by atoms with van der Waals surface area (Å²) in [6.07, 6.45) is 10.2. The van der Waals surface area contributed by atoms with Gasteiger partial charge in [0.05, 0.1) is 16.3 Å². The Labute approximate surface area is 188 Å². The number of hydrogen-bond acceptors (Lipinski definition) is 3. The Balaban J connectivity index is 1.66. The van der Waals surface area contributed by atoms with Crippen molar-refractivity contribution in [2.75, 3.05) is 13.1 Å². The number of hydrogen-bond donors (Lipinski definition) is 1. The van der Waals surface area contributed by atoms with E-state index in [9.17, 15) is 0 Å². The molecule has 0 radical (unpaired) electrons. The second-order valence-electron chi connectivity index (χ2n) is 8.51. The van der Waals surface area contributed by atoms with Gasteiger partial charge in [-0.15, -0.1) is 0 Å². The predicted molar refractivity (Wildman–Crippen MR) is 129 cm³/mol. The van der Waals surface area contributed by atoms with Crippen LogP contribution in [0.3, 0.4) is 0 Å². The zero-order chi connectivity index (χ0) is 21.2. The lowest BCUT2D eigenvalue weighted by atomic mass is 9.87. The van der Waals surface area contributed by atoms with E-state index >= 15 is 0 Å². The first-order valence-corrected chi connectivity index (χ1v) is 11.6. The van der Waals surface area contributed by atoms with Crippen molar-refractivity contribution in [2.24, 2.45) is 0 Å². The molecule has 1 N–H and O–H groups in total. The molecule has 0 bridgehead atoms. The van der Waals surface area contributed by atoms with Crippen molar-refractivity contribution >= 4 is 33.3 Å². The van der Waals surface area contributed by atoms with Crippen molar-refractivity contribution in [3.63, 3.8) is 0 Å². The van der Waals surface area contributed by atoms with Gasteiger partial charge in [0.25, 0.3) is 0 Å². The molecule has 1 aliphatic heterocycles. The monoisotopic (exact) mass is 431 g/mol. The van der Waals surface area contributed by atoms with Crippen LogP contribution < -0.4 is 5.32 Å². The normalized spacial score (nSPS) is 15.0. The molecule has 1 aliphatic rings. The zero-order valence-corrected chi connectivity index (χ0v) is 18.7. The molecular weight excluding hydrogens is 404 g/mol. The average molecular weight is 432 g/mol. The van der Waals surface area contributed by atoms with Crippen LogP contribution in [0.5, 0.6) is 0 Å². The standard InChI is InChI=1S/C26H28ClN4/c1-18-29-13-15-31(18)14-3-5-20-16-21-4-2-10-30-26(21)25(19-8-11-28-12-9-19)23-7-6-22(27)17-24(20)23/h2,4,6-7,10,13,15-17,19,28H,3,5,8-9,11-12,14H2,1H3/q+1. The topological polar surface area (TPSA) is 42.7 Å². The van der Waals surface area contributed by atoms with E-state index in [2.05, 4.69) is 52.3 Å². The Morgan fingerprint density at radius 2 is 2.03 bits per heavy atom. The van der Waals surface area contributed by atoms with E-state index in [1.165, 1.54) is 27.3 Å². The molecule has 0 unspecified atom stereocenters. The van der Waals surface area contributed by atoms with Gasteiger partial charge < -0.3 is 9.88 Å². The van der Waals surface area contributed by atoms with E-state index in [4.69, 9.17) is 16.6 Å². The van der Waals surface area contributed by atoms with Gasteiger partial charge in [-0.3, -0.25) is 0 Å². The number of imidazole rings is 1. The minimum absolute atomic E-state index is 0.510. The molecule has 0 aliphatic carbocycles. The number of aryl methyl sites for hydroxylation is 3. The maximum atomic E-state index is 6.50. The number of aromatic nitrogens is 3. The van der Waals surface area contributed by atoms with Crippen LogP contribution in [-0.2, 0) is 13.0 Å². The lowest BCUT2D eigenvalue weighted by Crippen LogP contribution is -2.26. The number of pyridine rings is 1. The summed E-state index contributed by atoms with van der Waals surface area (Å²) in [6, 6.07) is 13.0. The molecule has 1 fully saturated rings.